The summed E-state index contributed by atoms with van der Waals surface area (Å²) in [5, 5.41) is 7.40. The first kappa shape index (κ1) is 18.5. The highest BCUT2D eigenvalue weighted by atomic mass is 32.2. The molecule has 0 aromatic heterocycles. The number of sulfonamides is 1. The number of piperidine rings is 1. The van der Waals surface area contributed by atoms with Crippen molar-refractivity contribution in [1.82, 2.24) is 5.32 Å². The third-order valence-corrected chi connectivity index (χ3v) is 4.95. The lowest BCUT2D eigenvalue weighted by Crippen LogP contribution is -2.42. The number of nitrogens with zero attached hydrogens (tertiary/aromatic N) is 1. The number of nitrogens with one attached hydrogen (secondary N) is 1. The fourth-order valence-electron chi connectivity index (χ4n) is 2.81. The summed E-state index contributed by atoms with van der Waals surface area (Å²) in [6, 6.07) is 2.91. The van der Waals surface area contributed by atoms with E-state index in [4.69, 9.17) is 5.14 Å². The number of halogens is 3. The van der Waals surface area contributed by atoms with Gasteiger partial charge in [0.1, 0.15) is 0 Å². The van der Waals surface area contributed by atoms with Crippen molar-refractivity contribution in [2.45, 2.75) is 23.9 Å². The highest BCUT2D eigenvalue weighted by Gasteiger charge is 2.37. The molecule has 1 aromatic rings. The molecule has 1 atom stereocenters. The molecule has 134 valence electrons. The van der Waals surface area contributed by atoms with Crippen molar-refractivity contribution in [3.8, 4) is 0 Å². The van der Waals surface area contributed by atoms with Gasteiger partial charge in [-0.25, -0.2) is 13.6 Å². The Bertz CT molecular complexity index is 735. The number of amides is 1. The number of alkyl halides is 3. The Morgan fingerprint density at radius 2 is 2.04 bits per heavy atom. The van der Waals surface area contributed by atoms with Gasteiger partial charge in [0.2, 0.25) is 15.9 Å². The lowest BCUT2D eigenvalue weighted by atomic mass is 9.96. The van der Waals surface area contributed by atoms with Crippen LogP contribution >= 0.6 is 0 Å². The summed E-state index contributed by atoms with van der Waals surface area (Å²) < 4.78 is 62.3. The normalized spacial score (nSPS) is 19.2. The average Bonchev–Trinajstić information content (AvgIpc) is 2.52. The molecule has 24 heavy (non-hydrogen) atoms. The molecule has 1 aliphatic heterocycles. The van der Waals surface area contributed by atoms with Crippen LogP contribution in [0.1, 0.15) is 18.4 Å². The molecule has 0 bridgehead atoms. The molecule has 1 aliphatic rings. The third-order valence-electron chi connectivity index (χ3n) is 3.98. The first-order chi connectivity index (χ1) is 11.0. The Hall–Kier alpha value is -1.81. The second kappa shape index (κ2) is 6.60. The number of primary sulfonamides is 1. The fourth-order valence-corrected chi connectivity index (χ4v) is 3.55. The van der Waals surface area contributed by atoms with Gasteiger partial charge in [-0.2, -0.15) is 13.2 Å². The topological polar surface area (TPSA) is 92.5 Å². The van der Waals surface area contributed by atoms with E-state index in [2.05, 4.69) is 5.32 Å². The Labute approximate surface area is 137 Å². The minimum Gasteiger partial charge on any atom is -0.371 e. The van der Waals surface area contributed by atoms with Gasteiger partial charge in [0.25, 0.3) is 0 Å². The van der Waals surface area contributed by atoms with Gasteiger partial charge in [-0.05, 0) is 31.0 Å². The molecular weight excluding hydrogens is 347 g/mol. The van der Waals surface area contributed by atoms with Crippen LogP contribution in [0.15, 0.2) is 23.1 Å². The summed E-state index contributed by atoms with van der Waals surface area (Å²) in [5.41, 5.74) is -1.09. The van der Waals surface area contributed by atoms with Crippen molar-refractivity contribution in [3.05, 3.63) is 23.8 Å². The van der Waals surface area contributed by atoms with Crippen molar-refractivity contribution in [3.63, 3.8) is 0 Å². The van der Waals surface area contributed by atoms with Gasteiger partial charge in [0, 0.05) is 25.8 Å². The summed E-state index contributed by atoms with van der Waals surface area (Å²) in [7, 11) is -2.99. The van der Waals surface area contributed by atoms with Crippen LogP contribution in [0.4, 0.5) is 18.9 Å². The van der Waals surface area contributed by atoms with Crippen molar-refractivity contribution >= 4 is 21.6 Å². The molecule has 10 heteroatoms. The van der Waals surface area contributed by atoms with Gasteiger partial charge in [0.15, 0.2) is 0 Å². The van der Waals surface area contributed by atoms with Crippen LogP contribution in [0.2, 0.25) is 0 Å². The Morgan fingerprint density at radius 3 is 2.58 bits per heavy atom. The van der Waals surface area contributed by atoms with E-state index in [-0.39, 0.29) is 24.1 Å². The molecule has 1 unspecified atom stereocenters. The van der Waals surface area contributed by atoms with Crippen LogP contribution in [-0.4, -0.2) is 34.5 Å². The number of carbonyl (C=O) groups excluding carboxylic acids is 1. The molecule has 3 N–H and O–H groups in total. The van der Waals surface area contributed by atoms with Crippen molar-refractivity contribution < 1.29 is 26.4 Å². The molecule has 2 rings (SSSR count). The molecule has 1 saturated heterocycles. The molecular formula is C14H18F3N3O3S. The summed E-state index contributed by atoms with van der Waals surface area (Å²) in [6.45, 7) is 0.755. The number of rotatable bonds is 3. The minimum absolute atomic E-state index is 0.170. The lowest BCUT2D eigenvalue weighted by Gasteiger charge is -2.34. The number of hydrogen-bond donors (Lipinski definition) is 2. The molecule has 0 aliphatic carbocycles. The predicted molar refractivity (Wildman–Crippen MR) is 81.8 cm³/mol. The van der Waals surface area contributed by atoms with Crippen LogP contribution in [0, 0.1) is 5.92 Å². The lowest BCUT2D eigenvalue weighted by molar-refractivity contribution is -0.139. The highest BCUT2D eigenvalue weighted by molar-refractivity contribution is 7.89. The van der Waals surface area contributed by atoms with Crippen LogP contribution in [0.5, 0.6) is 0 Å². The van der Waals surface area contributed by atoms with E-state index in [1.54, 1.807) is 4.90 Å². The van der Waals surface area contributed by atoms with Crippen LogP contribution < -0.4 is 15.4 Å². The minimum atomic E-state index is -4.85. The van der Waals surface area contributed by atoms with E-state index in [1.165, 1.54) is 13.1 Å². The zero-order valence-electron chi connectivity index (χ0n) is 12.9. The van der Waals surface area contributed by atoms with Crippen molar-refractivity contribution in [2.24, 2.45) is 11.1 Å². The van der Waals surface area contributed by atoms with Gasteiger partial charge in [-0.15, -0.1) is 0 Å². The second-order valence-corrected chi connectivity index (χ2v) is 7.15. The van der Waals surface area contributed by atoms with E-state index in [0.29, 0.717) is 19.4 Å². The summed E-state index contributed by atoms with van der Waals surface area (Å²) in [4.78, 5) is 12.4. The number of anilines is 1. The van der Waals surface area contributed by atoms with E-state index in [9.17, 15) is 26.4 Å². The Balaban J connectivity index is 2.40. The predicted octanol–water partition coefficient (Wildman–Crippen LogP) is 1.32. The maximum atomic E-state index is 13.2. The molecule has 0 radical (unpaired) electrons. The van der Waals surface area contributed by atoms with Crippen LogP contribution in [0.3, 0.4) is 0 Å². The van der Waals surface area contributed by atoms with E-state index in [0.717, 1.165) is 12.1 Å². The SMILES string of the molecule is CNC(=O)C1CCCN(c2ccc(S(N)(=O)=O)c(C(F)(F)F)c2)C1. The summed E-state index contributed by atoms with van der Waals surface area (Å²) >= 11 is 0. The number of hydrogen-bond acceptors (Lipinski definition) is 4. The van der Waals surface area contributed by atoms with Gasteiger partial charge < -0.3 is 10.2 Å². The molecule has 1 aromatic carbocycles. The Morgan fingerprint density at radius 1 is 1.38 bits per heavy atom. The smallest absolute Gasteiger partial charge is 0.371 e. The van der Waals surface area contributed by atoms with Gasteiger partial charge in [-0.3, -0.25) is 4.79 Å². The third kappa shape index (κ3) is 3.99. The number of carbonyl (C=O) groups is 1. The fraction of sp³-hybridized carbons (Fsp3) is 0.500. The van der Waals surface area contributed by atoms with Crippen molar-refractivity contribution in [1.29, 1.82) is 0 Å². The van der Waals surface area contributed by atoms with Gasteiger partial charge in [-0.1, -0.05) is 0 Å². The van der Waals surface area contributed by atoms with E-state index < -0.39 is 26.7 Å². The standard InChI is InChI=1S/C14H18F3N3O3S/c1-19-13(21)9-3-2-6-20(8-9)10-4-5-12(24(18,22)23)11(7-10)14(15,16)17/h4-5,7,9H,2-3,6,8H2,1H3,(H,19,21)(H2,18,22,23). The average molecular weight is 365 g/mol. The van der Waals surface area contributed by atoms with E-state index in [1.807, 2.05) is 0 Å². The summed E-state index contributed by atoms with van der Waals surface area (Å²) in [5.74, 6) is -0.493. The molecule has 0 saturated carbocycles. The maximum Gasteiger partial charge on any atom is 0.417 e. The maximum absolute atomic E-state index is 13.2. The number of benzene rings is 1. The first-order valence-electron chi connectivity index (χ1n) is 7.24. The first-order valence-corrected chi connectivity index (χ1v) is 8.79. The zero-order chi connectivity index (χ0) is 18.1. The summed E-state index contributed by atoms with van der Waals surface area (Å²) in [6.07, 6.45) is -3.55. The highest BCUT2D eigenvalue weighted by Crippen LogP contribution is 2.37. The molecule has 0 spiro atoms. The van der Waals surface area contributed by atoms with Crippen LogP contribution in [0.25, 0.3) is 0 Å². The number of nitrogens with two attached hydrogens (primary N) is 1. The van der Waals surface area contributed by atoms with E-state index >= 15 is 0 Å². The van der Waals surface area contributed by atoms with Gasteiger partial charge >= 0.3 is 6.18 Å². The quantitative estimate of drug-likeness (QED) is 0.845. The molecule has 1 heterocycles. The Kier molecular flexibility index (Phi) is 5.09. The zero-order valence-corrected chi connectivity index (χ0v) is 13.7. The molecule has 1 amide bonds. The second-order valence-electron chi connectivity index (χ2n) is 5.62. The largest absolute Gasteiger partial charge is 0.417 e. The monoisotopic (exact) mass is 365 g/mol. The van der Waals surface area contributed by atoms with Crippen molar-refractivity contribution in [2.75, 3.05) is 25.0 Å². The molecule has 1 fully saturated rings. The van der Waals surface area contributed by atoms with Gasteiger partial charge in [0.05, 0.1) is 16.4 Å². The molecule has 6 nitrogen and oxygen atoms in total. The van der Waals surface area contributed by atoms with Crippen LogP contribution in [-0.2, 0) is 21.0 Å².